The van der Waals surface area contributed by atoms with Crippen LogP contribution in [-0.2, 0) is 27.1 Å². The van der Waals surface area contributed by atoms with Crippen LogP contribution in [0.1, 0.15) is 115 Å². The highest BCUT2D eigenvalue weighted by molar-refractivity contribution is 6.98. The second kappa shape index (κ2) is 11.8. The molecule has 0 spiro atoms. The first-order valence-corrected chi connectivity index (χ1v) is 21.7. The van der Waals surface area contributed by atoms with Crippen LogP contribution < -0.4 is 26.4 Å². The highest BCUT2D eigenvalue weighted by atomic mass is 16.3. The molecule has 0 N–H and O–H groups in total. The van der Waals surface area contributed by atoms with Crippen molar-refractivity contribution in [1.29, 1.82) is 0 Å². The molecule has 0 amide bonds. The van der Waals surface area contributed by atoms with Crippen LogP contribution in [0.2, 0.25) is 0 Å². The van der Waals surface area contributed by atoms with E-state index in [2.05, 4.69) is 206 Å². The normalized spacial score (nSPS) is 19.2. The first-order chi connectivity index (χ1) is 28.0. The monoisotopic (exact) mass is 770 g/mol. The smallest absolute Gasteiger partial charge is 0.292 e. The molecule has 59 heavy (non-hydrogen) atoms. The van der Waals surface area contributed by atoms with E-state index < -0.39 is 0 Å². The van der Waals surface area contributed by atoms with Crippen LogP contribution in [0.5, 0.6) is 0 Å². The van der Waals surface area contributed by atoms with Gasteiger partial charge in [0.15, 0.2) is 0 Å². The maximum Gasteiger partial charge on any atom is 0.292 e. The molecule has 4 aliphatic rings. The van der Waals surface area contributed by atoms with Crippen LogP contribution in [0.25, 0.3) is 11.0 Å². The predicted molar refractivity (Wildman–Crippen MR) is 250 cm³/mol. The topological polar surface area (TPSA) is 19.6 Å². The van der Waals surface area contributed by atoms with Crippen molar-refractivity contribution in [3.8, 4) is 0 Å². The summed E-state index contributed by atoms with van der Waals surface area (Å²) in [5.74, 6) is 0. The molecule has 0 saturated carbocycles. The fourth-order valence-electron chi connectivity index (χ4n) is 12.8. The Balaban J connectivity index is 1.29. The van der Waals surface area contributed by atoms with Crippen molar-refractivity contribution in [2.24, 2.45) is 0 Å². The number of anilines is 6. The van der Waals surface area contributed by atoms with Gasteiger partial charge in [-0.2, -0.15) is 0 Å². The van der Waals surface area contributed by atoms with E-state index in [0.717, 1.165) is 41.1 Å². The quantitative estimate of drug-likeness (QED) is 0.166. The number of rotatable bonds is 4. The Hall–Kier alpha value is -5.48. The van der Waals surface area contributed by atoms with Crippen molar-refractivity contribution in [1.82, 2.24) is 0 Å². The molecule has 0 fully saturated rings. The van der Waals surface area contributed by atoms with Gasteiger partial charge in [-0.15, -0.1) is 0 Å². The van der Waals surface area contributed by atoms with Gasteiger partial charge in [0, 0.05) is 50.5 Å². The molecule has 1 aromatic heterocycles. The van der Waals surface area contributed by atoms with Crippen molar-refractivity contribution >= 4 is 68.4 Å². The molecule has 3 nitrogen and oxygen atoms in total. The molecule has 2 aliphatic heterocycles. The number of para-hydroxylation sites is 3. The molecular formula is C55H55BN2O. The number of hydrogen-bond donors (Lipinski definition) is 0. The zero-order valence-electron chi connectivity index (χ0n) is 36.4. The molecule has 11 rings (SSSR count). The van der Waals surface area contributed by atoms with Crippen molar-refractivity contribution in [2.45, 2.75) is 109 Å². The summed E-state index contributed by atoms with van der Waals surface area (Å²) in [6, 6.07) is 48.1. The summed E-state index contributed by atoms with van der Waals surface area (Å²) < 4.78 is 7.18. The average molecular weight is 771 g/mol. The van der Waals surface area contributed by atoms with Crippen LogP contribution in [-0.4, -0.2) is 6.71 Å². The van der Waals surface area contributed by atoms with Gasteiger partial charge < -0.3 is 14.2 Å². The molecular weight excluding hydrogens is 715 g/mol. The zero-order valence-corrected chi connectivity index (χ0v) is 36.4. The highest BCUT2D eigenvalue weighted by Crippen LogP contribution is 2.55. The summed E-state index contributed by atoms with van der Waals surface area (Å²) >= 11 is 0. The minimum atomic E-state index is -0.358. The molecule has 7 aromatic rings. The lowest BCUT2D eigenvalue weighted by molar-refractivity contribution is 0.403. The lowest BCUT2D eigenvalue weighted by atomic mass is 9.32. The maximum absolute atomic E-state index is 7.18. The molecule has 6 aromatic carbocycles. The lowest BCUT2D eigenvalue weighted by Crippen LogP contribution is -2.63. The highest BCUT2D eigenvalue weighted by Gasteiger charge is 2.52. The van der Waals surface area contributed by atoms with Gasteiger partial charge in [-0.3, -0.25) is 0 Å². The van der Waals surface area contributed by atoms with Gasteiger partial charge in [0.1, 0.15) is 5.58 Å². The fraction of sp³-hybridized carbons (Fsp3) is 0.309. The average Bonchev–Trinajstić information content (AvgIpc) is 3.74. The third-order valence-electron chi connectivity index (χ3n) is 14.8. The largest absolute Gasteiger partial charge is 0.470 e. The van der Waals surface area contributed by atoms with Crippen LogP contribution in [0.3, 0.4) is 0 Å². The second-order valence-electron chi connectivity index (χ2n) is 21.2. The van der Waals surface area contributed by atoms with E-state index in [9.17, 15) is 0 Å². The lowest BCUT2D eigenvalue weighted by Gasteiger charge is -2.45. The van der Waals surface area contributed by atoms with Gasteiger partial charge in [-0.05, 0) is 134 Å². The molecule has 294 valence electrons. The Morgan fingerprint density at radius 2 is 1.07 bits per heavy atom. The number of fused-ring (bicyclic) bond motifs is 8. The van der Waals surface area contributed by atoms with Crippen LogP contribution in [0, 0.1) is 0 Å². The standard InChI is InChI=1S/C55H55BN2O/c1-51(2)32-52(3,4)40-27-36(25-26-39(40)51)58-45-31-42-41(53(5,6)33-54(42,7)8)30-44(45)56-49-43(55(9,10)48-38-23-17-18-24-47(38)59-50(48)56)28-37(29-46(49)58)57(34-19-13-11-14-20-34)35-21-15-12-16-22-35/h11-31H,32-33H2,1-10H3. The summed E-state index contributed by atoms with van der Waals surface area (Å²) in [4.78, 5) is 5.09. The van der Waals surface area contributed by atoms with E-state index in [4.69, 9.17) is 4.42 Å². The number of hydrogen-bond acceptors (Lipinski definition) is 3. The van der Waals surface area contributed by atoms with Gasteiger partial charge in [0.25, 0.3) is 6.71 Å². The molecule has 0 bridgehead atoms. The van der Waals surface area contributed by atoms with Crippen molar-refractivity contribution in [2.75, 3.05) is 9.80 Å². The van der Waals surface area contributed by atoms with Gasteiger partial charge >= 0.3 is 0 Å². The van der Waals surface area contributed by atoms with E-state index in [0.29, 0.717) is 0 Å². The van der Waals surface area contributed by atoms with Crippen LogP contribution in [0.15, 0.2) is 132 Å². The summed E-state index contributed by atoms with van der Waals surface area (Å²) in [6.45, 7) is 24.3. The van der Waals surface area contributed by atoms with E-state index in [1.165, 1.54) is 66.8 Å². The summed E-state index contributed by atoms with van der Waals surface area (Å²) in [5.41, 5.74) is 20.3. The Kier molecular flexibility index (Phi) is 7.34. The first-order valence-electron chi connectivity index (χ1n) is 21.7. The molecule has 2 aliphatic carbocycles. The third-order valence-corrected chi connectivity index (χ3v) is 14.8. The molecule has 0 saturated heterocycles. The van der Waals surface area contributed by atoms with E-state index in [1.54, 1.807) is 0 Å². The Morgan fingerprint density at radius 3 is 1.71 bits per heavy atom. The summed E-state index contributed by atoms with van der Waals surface area (Å²) in [7, 11) is 0. The third kappa shape index (κ3) is 5.08. The van der Waals surface area contributed by atoms with Gasteiger partial charge in [0.2, 0.25) is 0 Å². The van der Waals surface area contributed by atoms with E-state index in [-0.39, 0.29) is 33.8 Å². The second-order valence-corrected chi connectivity index (χ2v) is 21.2. The number of furan rings is 1. The van der Waals surface area contributed by atoms with Crippen molar-refractivity contribution in [3.63, 3.8) is 0 Å². The molecule has 4 heteroatoms. The van der Waals surface area contributed by atoms with Crippen LogP contribution >= 0.6 is 0 Å². The van der Waals surface area contributed by atoms with Gasteiger partial charge in [-0.25, -0.2) is 0 Å². The van der Waals surface area contributed by atoms with E-state index in [1.807, 2.05) is 0 Å². The minimum absolute atomic E-state index is 0.0350. The fourth-order valence-corrected chi connectivity index (χ4v) is 12.8. The molecule has 0 radical (unpaired) electrons. The zero-order chi connectivity index (χ0) is 41.0. The van der Waals surface area contributed by atoms with Crippen molar-refractivity contribution in [3.05, 3.63) is 161 Å². The predicted octanol–water partition coefficient (Wildman–Crippen LogP) is 12.8. The number of benzene rings is 6. The SMILES string of the molecule is CC1(C)CC(C)(C)c2cc(N3c4cc5c(cc4B4c6oc7ccccc7c6C(C)(C)c6cc(N(c7ccccc7)c7ccccc7)cc3c64)C(C)(C)CC5(C)C)ccc21. The summed E-state index contributed by atoms with van der Waals surface area (Å²) in [6.07, 6.45) is 2.24. The maximum atomic E-state index is 7.18. The van der Waals surface area contributed by atoms with Crippen molar-refractivity contribution < 1.29 is 4.42 Å². The Morgan fingerprint density at radius 1 is 0.508 bits per heavy atom. The van der Waals surface area contributed by atoms with Gasteiger partial charge in [-0.1, -0.05) is 136 Å². The molecule has 0 atom stereocenters. The number of nitrogens with zero attached hydrogens (tertiary/aromatic N) is 2. The molecule has 0 unspecified atom stereocenters. The van der Waals surface area contributed by atoms with E-state index >= 15 is 0 Å². The minimum Gasteiger partial charge on any atom is -0.470 e. The summed E-state index contributed by atoms with van der Waals surface area (Å²) in [5, 5.41) is 1.21. The van der Waals surface area contributed by atoms with Crippen LogP contribution in [0.4, 0.5) is 34.1 Å². The van der Waals surface area contributed by atoms with Gasteiger partial charge in [0.05, 0.1) is 5.66 Å². The first kappa shape index (κ1) is 36.6. The Bertz CT molecular complexity index is 2840. The Labute approximate surface area is 351 Å². The molecule has 3 heterocycles.